The second-order valence-electron chi connectivity index (χ2n) is 9.00. The minimum Gasteiger partial charge on any atom is -0.312 e. The highest BCUT2D eigenvalue weighted by Crippen LogP contribution is 2.63. The summed E-state index contributed by atoms with van der Waals surface area (Å²) in [6.07, 6.45) is -2.58. The molecular formula is C20H32F3NOS. The number of rotatable bonds is 4. The van der Waals surface area contributed by atoms with Crippen molar-refractivity contribution >= 4 is 16.0 Å². The maximum atomic E-state index is 13.8. The van der Waals surface area contributed by atoms with Gasteiger partial charge in [0, 0.05) is 34.1 Å². The van der Waals surface area contributed by atoms with Crippen LogP contribution in [-0.2, 0) is 12.6 Å². The fraction of sp³-hybridized carbons (Fsp3) is 0.750. The van der Waals surface area contributed by atoms with Gasteiger partial charge >= 0.3 is 6.18 Å². The van der Waals surface area contributed by atoms with Crippen molar-refractivity contribution in [2.45, 2.75) is 90.2 Å². The molecule has 0 atom stereocenters. The van der Waals surface area contributed by atoms with Crippen molar-refractivity contribution in [1.29, 1.82) is 0 Å². The van der Waals surface area contributed by atoms with Crippen LogP contribution in [0.3, 0.4) is 0 Å². The van der Waals surface area contributed by atoms with E-state index in [1.807, 2.05) is 17.8 Å². The lowest BCUT2D eigenvalue weighted by Crippen LogP contribution is -2.37. The molecule has 0 spiro atoms. The minimum atomic E-state index is -4.51. The van der Waals surface area contributed by atoms with E-state index in [1.165, 1.54) is 6.20 Å². The molecule has 26 heavy (non-hydrogen) atoms. The zero-order valence-corrected chi connectivity index (χ0v) is 17.9. The van der Waals surface area contributed by atoms with Crippen LogP contribution in [0, 0.1) is 5.41 Å². The molecule has 1 heterocycles. The average Bonchev–Trinajstić information content (AvgIpc) is 2.76. The SMILES string of the molecule is CC(C)S(C(C)C)(C(C)C)n1cc(C(F)(F)F)c2c1CC(C)(C)CC2=O. The third kappa shape index (κ3) is 3.23. The molecule has 0 saturated carbocycles. The highest BCUT2D eigenvalue weighted by Gasteiger charge is 2.47. The molecule has 1 aliphatic carbocycles. The van der Waals surface area contributed by atoms with Gasteiger partial charge in [-0.15, -0.1) is 0 Å². The zero-order valence-electron chi connectivity index (χ0n) is 17.1. The first-order chi connectivity index (χ1) is 11.7. The Morgan fingerprint density at radius 2 is 1.46 bits per heavy atom. The fourth-order valence-corrected chi connectivity index (χ4v) is 10.3. The monoisotopic (exact) mass is 391 g/mol. The third-order valence-electron chi connectivity index (χ3n) is 5.55. The number of hydrogen-bond acceptors (Lipinski definition) is 1. The number of ketones is 1. The van der Waals surface area contributed by atoms with Crippen molar-refractivity contribution in [2.75, 3.05) is 0 Å². The number of alkyl halides is 3. The Bertz CT molecular complexity index is 677. The van der Waals surface area contributed by atoms with E-state index < -0.39 is 22.0 Å². The zero-order chi connectivity index (χ0) is 20.2. The molecule has 2 rings (SSSR count). The molecule has 0 amide bonds. The smallest absolute Gasteiger partial charge is 0.312 e. The molecular weight excluding hydrogens is 359 g/mol. The summed E-state index contributed by atoms with van der Waals surface area (Å²) in [6, 6.07) is 0. The molecule has 0 unspecified atom stereocenters. The number of hydrogen-bond donors (Lipinski definition) is 0. The second kappa shape index (κ2) is 6.61. The standard InChI is InChI=1S/C20H32F3NOS/c1-12(2)26(13(3)4,14(5)6)24-11-15(20(21,22)23)18-16(24)9-19(7,8)10-17(18)25/h11-14H,9-10H2,1-8H3. The molecule has 0 fully saturated rings. The van der Waals surface area contributed by atoms with Gasteiger partial charge < -0.3 is 3.97 Å². The molecule has 0 aliphatic heterocycles. The molecule has 1 aromatic heterocycles. The van der Waals surface area contributed by atoms with E-state index in [-0.39, 0.29) is 38.9 Å². The Kier molecular flexibility index (Phi) is 5.44. The van der Waals surface area contributed by atoms with Crippen LogP contribution in [0.4, 0.5) is 13.2 Å². The Morgan fingerprint density at radius 3 is 1.85 bits per heavy atom. The van der Waals surface area contributed by atoms with Gasteiger partial charge in [0.1, 0.15) is 0 Å². The summed E-state index contributed by atoms with van der Waals surface area (Å²) >= 11 is 0. The summed E-state index contributed by atoms with van der Waals surface area (Å²) in [5, 5.41) is 0.626. The van der Waals surface area contributed by atoms with Gasteiger partial charge in [-0.25, -0.2) is 0 Å². The highest BCUT2D eigenvalue weighted by molar-refractivity contribution is 8.33. The molecule has 0 saturated heterocycles. The summed E-state index contributed by atoms with van der Waals surface area (Å²) in [5.74, 6) is -0.369. The minimum absolute atomic E-state index is 0.0735. The first kappa shape index (κ1) is 21.4. The number of carbonyl (C=O) groups is 1. The maximum absolute atomic E-state index is 13.8. The molecule has 150 valence electrons. The number of Topliss-reactive ketones (excluding diaryl/α,β-unsaturated/α-hetero) is 1. The topological polar surface area (TPSA) is 22.0 Å². The van der Waals surface area contributed by atoms with Crippen molar-refractivity contribution < 1.29 is 18.0 Å². The fourth-order valence-electron chi connectivity index (χ4n) is 4.85. The average molecular weight is 392 g/mol. The van der Waals surface area contributed by atoms with Crippen LogP contribution in [0.2, 0.25) is 0 Å². The van der Waals surface area contributed by atoms with E-state index in [0.717, 1.165) is 0 Å². The Labute approximate surface area is 157 Å². The van der Waals surface area contributed by atoms with Crippen molar-refractivity contribution in [1.82, 2.24) is 3.97 Å². The van der Waals surface area contributed by atoms with Crippen LogP contribution in [0.25, 0.3) is 0 Å². The maximum Gasteiger partial charge on any atom is 0.418 e. The second-order valence-corrected chi connectivity index (χ2v) is 13.7. The summed E-state index contributed by atoms with van der Waals surface area (Å²) in [7, 11) is -1.62. The van der Waals surface area contributed by atoms with Crippen LogP contribution < -0.4 is 0 Å². The number of halogens is 3. The van der Waals surface area contributed by atoms with Gasteiger partial charge in [0.2, 0.25) is 0 Å². The van der Waals surface area contributed by atoms with Gasteiger partial charge in [-0.3, -0.25) is 4.79 Å². The first-order valence-corrected chi connectivity index (χ1v) is 11.1. The van der Waals surface area contributed by atoms with Gasteiger partial charge in [-0.2, -0.15) is 23.4 Å². The van der Waals surface area contributed by atoms with Gasteiger partial charge in [0.15, 0.2) is 5.78 Å². The molecule has 1 aromatic rings. The number of carbonyl (C=O) groups excluding carboxylic acids is 1. The first-order valence-electron chi connectivity index (χ1n) is 9.31. The summed E-state index contributed by atoms with van der Waals surface area (Å²) in [4.78, 5) is 12.7. The molecule has 0 bridgehead atoms. The summed E-state index contributed by atoms with van der Waals surface area (Å²) < 4.78 is 43.3. The largest absolute Gasteiger partial charge is 0.418 e. The van der Waals surface area contributed by atoms with E-state index in [1.54, 1.807) is 0 Å². The molecule has 6 heteroatoms. The van der Waals surface area contributed by atoms with Crippen molar-refractivity contribution in [3.05, 3.63) is 23.0 Å². The van der Waals surface area contributed by atoms with E-state index in [0.29, 0.717) is 12.1 Å². The Hall–Kier alpha value is -0.910. The lowest BCUT2D eigenvalue weighted by Gasteiger charge is -2.53. The summed E-state index contributed by atoms with van der Waals surface area (Å²) in [5.41, 5.74) is -0.536. The van der Waals surface area contributed by atoms with Gasteiger partial charge in [-0.1, -0.05) is 55.4 Å². The van der Waals surface area contributed by atoms with Crippen molar-refractivity contribution in [3.8, 4) is 0 Å². The molecule has 0 radical (unpaired) electrons. The lowest BCUT2D eigenvalue weighted by atomic mass is 9.75. The Balaban J connectivity index is 2.92. The molecule has 2 nitrogen and oxygen atoms in total. The number of fused-ring (bicyclic) bond motifs is 1. The van der Waals surface area contributed by atoms with E-state index in [4.69, 9.17) is 0 Å². The van der Waals surface area contributed by atoms with Gasteiger partial charge in [0.05, 0.1) is 11.1 Å². The normalized spacial score (nSPS) is 18.8. The number of aromatic nitrogens is 1. The van der Waals surface area contributed by atoms with E-state index in [9.17, 15) is 18.0 Å². The van der Waals surface area contributed by atoms with Crippen LogP contribution in [0.5, 0.6) is 0 Å². The van der Waals surface area contributed by atoms with E-state index >= 15 is 0 Å². The quantitative estimate of drug-likeness (QED) is 0.578. The molecule has 0 aromatic carbocycles. The highest BCUT2D eigenvalue weighted by atomic mass is 32.3. The number of nitrogens with zero attached hydrogens (tertiary/aromatic N) is 1. The van der Waals surface area contributed by atoms with Crippen LogP contribution in [0.15, 0.2) is 6.20 Å². The molecule has 0 N–H and O–H groups in total. The summed E-state index contributed by atoms with van der Waals surface area (Å²) in [6.45, 7) is 16.5. The predicted octanol–water partition coefficient (Wildman–Crippen LogP) is 6.45. The molecule has 1 aliphatic rings. The van der Waals surface area contributed by atoms with Gasteiger partial charge in [0.25, 0.3) is 0 Å². The van der Waals surface area contributed by atoms with Crippen LogP contribution in [0.1, 0.15) is 83.4 Å². The van der Waals surface area contributed by atoms with Gasteiger partial charge in [-0.05, 0) is 11.8 Å². The van der Waals surface area contributed by atoms with Crippen molar-refractivity contribution in [3.63, 3.8) is 0 Å². The Morgan fingerprint density at radius 1 is 1.00 bits per heavy atom. The third-order valence-corrected chi connectivity index (χ3v) is 11.1. The predicted molar refractivity (Wildman–Crippen MR) is 104 cm³/mol. The van der Waals surface area contributed by atoms with E-state index in [2.05, 4.69) is 41.5 Å². The van der Waals surface area contributed by atoms with Crippen LogP contribution in [-0.4, -0.2) is 25.5 Å². The lowest BCUT2D eigenvalue weighted by molar-refractivity contribution is -0.137. The van der Waals surface area contributed by atoms with Crippen molar-refractivity contribution in [2.24, 2.45) is 5.41 Å². The van der Waals surface area contributed by atoms with Crippen LogP contribution >= 0.6 is 10.2 Å².